The molecule has 1 aliphatic carbocycles. The number of carbonyl (C=O) groups excluding carboxylic acids is 1. The van der Waals surface area contributed by atoms with Crippen LogP contribution in [0.5, 0.6) is 0 Å². The van der Waals surface area contributed by atoms with Crippen LogP contribution >= 0.6 is 23.1 Å². The van der Waals surface area contributed by atoms with Crippen molar-refractivity contribution in [3.63, 3.8) is 0 Å². The number of halogens is 1. The summed E-state index contributed by atoms with van der Waals surface area (Å²) in [4.78, 5) is 12.4. The third-order valence-electron chi connectivity index (χ3n) is 4.33. The quantitative estimate of drug-likeness (QED) is 0.547. The van der Waals surface area contributed by atoms with Gasteiger partial charge in [-0.3, -0.25) is 4.79 Å². The zero-order valence-corrected chi connectivity index (χ0v) is 16.3. The van der Waals surface area contributed by atoms with Crippen molar-refractivity contribution < 1.29 is 9.18 Å². The summed E-state index contributed by atoms with van der Waals surface area (Å²) in [6.07, 6.45) is 7.06. The van der Waals surface area contributed by atoms with Crippen LogP contribution in [0.1, 0.15) is 45.4 Å². The van der Waals surface area contributed by atoms with E-state index in [9.17, 15) is 9.18 Å². The second-order valence-electron chi connectivity index (χ2n) is 6.47. The number of rotatable bonds is 6. The molecule has 140 valence electrons. The Morgan fingerprint density at radius 3 is 2.77 bits per heavy atom. The summed E-state index contributed by atoms with van der Waals surface area (Å²) in [5, 5.41) is 14.7. The Balaban J connectivity index is 1.51. The van der Waals surface area contributed by atoms with Gasteiger partial charge in [-0.2, -0.15) is 0 Å². The lowest BCUT2D eigenvalue weighted by Crippen LogP contribution is -2.39. The van der Waals surface area contributed by atoms with E-state index in [0.29, 0.717) is 21.2 Å². The molecule has 0 radical (unpaired) electrons. The monoisotopic (exact) mass is 394 g/mol. The van der Waals surface area contributed by atoms with Crippen LogP contribution in [-0.2, 0) is 4.79 Å². The van der Waals surface area contributed by atoms with Crippen LogP contribution in [0.2, 0.25) is 0 Å². The summed E-state index contributed by atoms with van der Waals surface area (Å²) in [5.74, 6) is -0.255. The van der Waals surface area contributed by atoms with Crippen molar-refractivity contribution in [3.05, 3.63) is 30.1 Å². The second kappa shape index (κ2) is 9.32. The Kier molecular flexibility index (Phi) is 6.85. The van der Waals surface area contributed by atoms with Crippen molar-refractivity contribution in [1.82, 2.24) is 15.5 Å². The summed E-state index contributed by atoms with van der Waals surface area (Å²) < 4.78 is 13.9. The van der Waals surface area contributed by atoms with Crippen molar-refractivity contribution in [2.45, 2.75) is 61.1 Å². The smallest absolute Gasteiger partial charge is 0.233 e. The Bertz CT molecular complexity index is 731. The zero-order chi connectivity index (χ0) is 18.4. The first-order chi connectivity index (χ1) is 12.6. The Labute approximate surface area is 161 Å². The predicted octanol–water partition coefficient (Wildman–Crippen LogP) is 4.74. The minimum absolute atomic E-state index is 0.0525. The Morgan fingerprint density at radius 2 is 2.04 bits per heavy atom. The van der Waals surface area contributed by atoms with Crippen LogP contribution in [-0.4, -0.2) is 27.4 Å². The maximum absolute atomic E-state index is 13.2. The topological polar surface area (TPSA) is 66.9 Å². The molecule has 1 heterocycles. The highest BCUT2D eigenvalue weighted by molar-refractivity contribution is 8.02. The maximum Gasteiger partial charge on any atom is 0.233 e. The highest BCUT2D eigenvalue weighted by atomic mass is 32.2. The molecule has 26 heavy (non-hydrogen) atoms. The van der Waals surface area contributed by atoms with Gasteiger partial charge in [0, 0.05) is 11.7 Å². The number of hydrogen-bond acceptors (Lipinski definition) is 6. The van der Waals surface area contributed by atoms with Crippen LogP contribution in [0, 0.1) is 5.82 Å². The van der Waals surface area contributed by atoms with E-state index in [1.165, 1.54) is 60.9 Å². The van der Waals surface area contributed by atoms with Gasteiger partial charge < -0.3 is 10.6 Å². The van der Waals surface area contributed by atoms with E-state index < -0.39 is 0 Å². The van der Waals surface area contributed by atoms with Gasteiger partial charge in [-0.05, 0) is 38.0 Å². The fourth-order valence-electron chi connectivity index (χ4n) is 2.94. The van der Waals surface area contributed by atoms with Crippen molar-refractivity contribution in [2.24, 2.45) is 0 Å². The molecule has 0 spiro atoms. The van der Waals surface area contributed by atoms with Gasteiger partial charge in [-0.25, -0.2) is 4.39 Å². The van der Waals surface area contributed by atoms with Gasteiger partial charge in [0.25, 0.3) is 0 Å². The van der Waals surface area contributed by atoms with Gasteiger partial charge in [0.2, 0.25) is 11.0 Å². The average molecular weight is 395 g/mol. The largest absolute Gasteiger partial charge is 0.352 e. The van der Waals surface area contributed by atoms with Crippen molar-refractivity contribution in [2.75, 3.05) is 5.32 Å². The summed E-state index contributed by atoms with van der Waals surface area (Å²) in [7, 11) is 0. The summed E-state index contributed by atoms with van der Waals surface area (Å²) in [6.45, 7) is 1.89. The molecule has 2 N–H and O–H groups in total. The molecule has 1 amide bonds. The Morgan fingerprint density at radius 1 is 1.27 bits per heavy atom. The van der Waals surface area contributed by atoms with Gasteiger partial charge in [0.15, 0.2) is 4.34 Å². The molecule has 1 aromatic heterocycles. The molecular formula is C18H23FN4OS2. The van der Waals surface area contributed by atoms with Gasteiger partial charge in [0.1, 0.15) is 5.82 Å². The van der Waals surface area contributed by atoms with Crippen LogP contribution in [0.3, 0.4) is 0 Å². The number of amides is 1. The standard InChI is InChI=1S/C18H23FN4OS2/c1-12(16(24)20-14-8-4-2-3-5-9-14)25-18-23-22-17(26-18)21-15-10-6-7-13(19)11-15/h6-7,10-12,14H,2-5,8-9H2,1H3,(H,20,24)(H,21,22)/t12-/m1/s1. The number of thioether (sulfide) groups is 1. The lowest BCUT2D eigenvalue weighted by Gasteiger charge is -2.18. The Hall–Kier alpha value is -1.67. The fraction of sp³-hybridized carbons (Fsp3) is 0.500. The summed E-state index contributed by atoms with van der Waals surface area (Å²) in [6, 6.07) is 6.49. The van der Waals surface area contributed by atoms with Crippen LogP contribution in [0.15, 0.2) is 28.6 Å². The molecule has 1 aromatic carbocycles. The fourth-order valence-corrected chi connectivity index (χ4v) is 4.87. The molecule has 5 nitrogen and oxygen atoms in total. The SMILES string of the molecule is C[C@@H](Sc1nnc(Nc2cccc(F)c2)s1)C(=O)NC1CCCCCC1. The molecule has 3 rings (SSSR count). The van der Waals surface area contributed by atoms with E-state index in [2.05, 4.69) is 20.8 Å². The number of hydrogen-bond donors (Lipinski definition) is 2. The number of benzene rings is 1. The third-order valence-corrected chi connectivity index (χ3v) is 6.35. The van der Waals surface area contributed by atoms with Crippen molar-refractivity contribution in [3.8, 4) is 0 Å². The highest BCUT2D eigenvalue weighted by Gasteiger charge is 2.21. The number of carbonyl (C=O) groups is 1. The van der Waals surface area contributed by atoms with Gasteiger partial charge in [-0.15, -0.1) is 10.2 Å². The molecule has 8 heteroatoms. The number of anilines is 2. The van der Waals surface area contributed by atoms with Crippen molar-refractivity contribution >= 4 is 39.8 Å². The first-order valence-electron chi connectivity index (χ1n) is 8.93. The van der Waals surface area contributed by atoms with E-state index in [-0.39, 0.29) is 17.0 Å². The number of nitrogens with zero attached hydrogens (tertiary/aromatic N) is 2. The van der Waals surface area contributed by atoms with Gasteiger partial charge >= 0.3 is 0 Å². The third kappa shape index (κ3) is 5.67. The number of nitrogens with one attached hydrogen (secondary N) is 2. The molecular weight excluding hydrogens is 371 g/mol. The molecule has 1 saturated carbocycles. The van der Waals surface area contributed by atoms with Gasteiger partial charge in [0.05, 0.1) is 5.25 Å². The zero-order valence-electron chi connectivity index (χ0n) is 14.7. The molecule has 1 aliphatic rings. The van der Waals surface area contributed by atoms with Crippen LogP contribution in [0.25, 0.3) is 0 Å². The maximum atomic E-state index is 13.2. The first-order valence-corrected chi connectivity index (χ1v) is 10.6. The van der Waals surface area contributed by atoms with E-state index in [4.69, 9.17) is 0 Å². The molecule has 2 aromatic rings. The summed E-state index contributed by atoms with van der Waals surface area (Å²) >= 11 is 2.75. The lowest BCUT2D eigenvalue weighted by atomic mass is 10.1. The minimum Gasteiger partial charge on any atom is -0.352 e. The van der Waals surface area contributed by atoms with E-state index in [0.717, 1.165) is 12.8 Å². The molecule has 1 fully saturated rings. The normalized spacial score (nSPS) is 16.7. The molecule has 1 atom stereocenters. The molecule has 0 bridgehead atoms. The van der Waals surface area contributed by atoms with E-state index in [1.54, 1.807) is 12.1 Å². The lowest BCUT2D eigenvalue weighted by molar-refractivity contribution is -0.121. The predicted molar refractivity (Wildman–Crippen MR) is 105 cm³/mol. The number of aromatic nitrogens is 2. The first kappa shape index (κ1) is 19.1. The van der Waals surface area contributed by atoms with E-state index in [1.807, 2.05) is 6.92 Å². The average Bonchev–Trinajstić information content (AvgIpc) is 2.88. The molecule has 0 unspecified atom stereocenters. The van der Waals surface area contributed by atoms with E-state index >= 15 is 0 Å². The molecule has 0 saturated heterocycles. The molecule has 0 aliphatic heterocycles. The summed E-state index contributed by atoms with van der Waals surface area (Å²) in [5.41, 5.74) is 0.622. The van der Waals surface area contributed by atoms with Crippen LogP contribution in [0.4, 0.5) is 15.2 Å². The van der Waals surface area contributed by atoms with Crippen LogP contribution < -0.4 is 10.6 Å². The highest BCUT2D eigenvalue weighted by Crippen LogP contribution is 2.30. The van der Waals surface area contributed by atoms with Gasteiger partial charge in [-0.1, -0.05) is 54.8 Å². The second-order valence-corrected chi connectivity index (χ2v) is 9.03. The minimum atomic E-state index is -0.307. The van der Waals surface area contributed by atoms with Crippen molar-refractivity contribution in [1.29, 1.82) is 0 Å².